The van der Waals surface area contributed by atoms with Gasteiger partial charge in [-0.15, -0.1) is 0 Å². The average molecular weight is 625 g/mol. The van der Waals surface area contributed by atoms with Gasteiger partial charge in [0, 0.05) is 51.1 Å². The summed E-state index contributed by atoms with van der Waals surface area (Å²) in [5, 5.41) is 14.2. The maximum Gasteiger partial charge on any atom is 0.490 e. The van der Waals surface area contributed by atoms with Crippen molar-refractivity contribution in [3.8, 4) is 11.3 Å². The number of halogens is 6. The predicted octanol–water partition coefficient (Wildman–Crippen LogP) is 4.03. The zero-order valence-corrected chi connectivity index (χ0v) is 23.4. The molecule has 43 heavy (non-hydrogen) atoms. The number of carbonyl (C=O) groups excluding carboxylic acids is 1. The highest BCUT2D eigenvalue weighted by Gasteiger charge is 2.39. The van der Waals surface area contributed by atoms with Gasteiger partial charge in [0.2, 0.25) is 5.91 Å². The molecule has 2 aromatic rings. The molecule has 16 heteroatoms. The molecule has 4 rings (SSSR count). The Morgan fingerprint density at radius 3 is 1.88 bits per heavy atom. The van der Waals surface area contributed by atoms with Crippen LogP contribution in [0.5, 0.6) is 0 Å². The Kier molecular flexibility index (Phi) is 13.4. The van der Waals surface area contributed by atoms with E-state index in [1.807, 2.05) is 35.2 Å². The molecule has 1 aromatic heterocycles. The van der Waals surface area contributed by atoms with Crippen LogP contribution >= 0.6 is 0 Å². The maximum atomic E-state index is 12.7. The lowest BCUT2D eigenvalue weighted by molar-refractivity contribution is -0.193. The number of oxazole rings is 1. The fraction of sp³-hybridized carbons (Fsp3) is 0.556. The van der Waals surface area contributed by atoms with Crippen molar-refractivity contribution in [3.05, 3.63) is 42.5 Å². The molecule has 0 bridgehead atoms. The van der Waals surface area contributed by atoms with Crippen molar-refractivity contribution in [2.75, 3.05) is 52.9 Å². The molecule has 2 N–H and O–H groups in total. The quantitative estimate of drug-likeness (QED) is 0.458. The van der Waals surface area contributed by atoms with Crippen LogP contribution in [0.1, 0.15) is 25.0 Å². The van der Waals surface area contributed by atoms with Crippen molar-refractivity contribution in [1.29, 1.82) is 0 Å². The lowest BCUT2D eigenvalue weighted by atomic mass is 9.96. The molecule has 0 saturated carbocycles. The second-order valence-corrected chi connectivity index (χ2v) is 10.0. The molecule has 0 unspecified atom stereocenters. The van der Waals surface area contributed by atoms with E-state index in [1.54, 1.807) is 0 Å². The topological polar surface area (TPSA) is 127 Å². The minimum absolute atomic E-state index is 0.222. The number of carboxylic acids is 2. The Bertz CT molecular complexity index is 1130. The number of amides is 1. The van der Waals surface area contributed by atoms with Crippen LogP contribution in [-0.2, 0) is 20.8 Å². The van der Waals surface area contributed by atoms with Crippen molar-refractivity contribution < 1.29 is 55.4 Å². The first kappa shape index (κ1) is 35.5. The summed E-state index contributed by atoms with van der Waals surface area (Å²) in [4.78, 5) is 41.8. The molecular weight excluding hydrogens is 590 g/mol. The number of aryl methyl sites for hydroxylation is 1. The first-order chi connectivity index (χ1) is 20.1. The van der Waals surface area contributed by atoms with E-state index in [0.29, 0.717) is 12.8 Å². The van der Waals surface area contributed by atoms with Crippen LogP contribution in [0.25, 0.3) is 11.3 Å². The van der Waals surface area contributed by atoms with E-state index in [1.165, 1.54) is 38.9 Å². The number of alkyl halides is 6. The van der Waals surface area contributed by atoms with Crippen molar-refractivity contribution in [2.24, 2.45) is 5.92 Å². The molecular formula is C27H34F6N4O6. The van der Waals surface area contributed by atoms with E-state index in [9.17, 15) is 31.1 Å². The van der Waals surface area contributed by atoms with Gasteiger partial charge in [0.05, 0.1) is 0 Å². The van der Waals surface area contributed by atoms with Crippen LogP contribution in [0.4, 0.5) is 26.3 Å². The number of piperazine rings is 1. The van der Waals surface area contributed by atoms with Crippen LogP contribution < -0.4 is 0 Å². The SMILES string of the molecule is CN1CCC(CN2CCN(C(=O)CCc3ocnc3-c3ccccc3)CC2)CC1.O=C(O)C(F)(F)F.O=C(O)C(F)(F)F. The van der Waals surface area contributed by atoms with Gasteiger partial charge in [-0.05, 0) is 38.9 Å². The smallest absolute Gasteiger partial charge is 0.475 e. The molecule has 0 radical (unpaired) electrons. The number of benzene rings is 1. The maximum absolute atomic E-state index is 12.7. The van der Waals surface area contributed by atoms with Gasteiger partial charge in [0.25, 0.3) is 0 Å². The van der Waals surface area contributed by atoms with Crippen LogP contribution in [0, 0.1) is 5.92 Å². The fourth-order valence-electron chi connectivity index (χ4n) is 4.45. The second kappa shape index (κ2) is 16.3. The number of aliphatic carboxylic acids is 2. The Hall–Kier alpha value is -3.66. The summed E-state index contributed by atoms with van der Waals surface area (Å²) in [6, 6.07) is 10.0. The van der Waals surface area contributed by atoms with Gasteiger partial charge in [-0.3, -0.25) is 9.69 Å². The Morgan fingerprint density at radius 1 is 0.884 bits per heavy atom. The molecule has 240 valence electrons. The Morgan fingerprint density at radius 2 is 1.40 bits per heavy atom. The van der Waals surface area contributed by atoms with Gasteiger partial charge in [0.15, 0.2) is 6.39 Å². The van der Waals surface area contributed by atoms with Gasteiger partial charge in [-0.1, -0.05) is 30.3 Å². The molecule has 1 amide bonds. The highest BCUT2D eigenvalue weighted by molar-refractivity contribution is 5.77. The van der Waals surface area contributed by atoms with Gasteiger partial charge in [-0.2, -0.15) is 26.3 Å². The van der Waals surface area contributed by atoms with Crippen LogP contribution in [0.3, 0.4) is 0 Å². The number of rotatable bonds is 6. The van der Waals surface area contributed by atoms with Gasteiger partial charge < -0.3 is 24.4 Å². The van der Waals surface area contributed by atoms with Crippen molar-refractivity contribution in [2.45, 2.75) is 38.0 Å². The third kappa shape index (κ3) is 12.6. The lowest BCUT2D eigenvalue weighted by Gasteiger charge is -2.38. The number of nitrogens with zero attached hydrogens (tertiary/aromatic N) is 4. The van der Waals surface area contributed by atoms with E-state index in [4.69, 9.17) is 24.2 Å². The number of likely N-dealkylation sites (tertiary alicyclic amines) is 1. The molecule has 10 nitrogen and oxygen atoms in total. The minimum Gasteiger partial charge on any atom is -0.475 e. The molecule has 1 aromatic carbocycles. The first-order valence-electron chi connectivity index (χ1n) is 13.3. The van der Waals surface area contributed by atoms with Crippen LogP contribution in [0.15, 0.2) is 41.1 Å². The van der Waals surface area contributed by atoms with Gasteiger partial charge in [-0.25, -0.2) is 14.6 Å². The third-order valence-corrected chi connectivity index (χ3v) is 6.82. The summed E-state index contributed by atoms with van der Waals surface area (Å²) in [6.45, 7) is 7.30. The standard InChI is InChI=1S/C23H32N4O2.2C2HF3O2/c1-25-11-9-19(10-12-25)17-26-13-15-27(16-14-26)22(28)8-7-21-23(24-18-29-21)20-5-3-2-4-6-20;2*3-2(4,5)1(6)7/h2-6,18-19H,7-17H2,1H3;2*(H,6,7). The molecule has 2 fully saturated rings. The molecule has 0 spiro atoms. The van der Waals surface area contributed by atoms with E-state index in [0.717, 1.165) is 49.1 Å². The third-order valence-electron chi connectivity index (χ3n) is 6.82. The summed E-state index contributed by atoms with van der Waals surface area (Å²) in [5.74, 6) is -3.68. The van der Waals surface area contributed by atoms with E-state index in [2.05, 4.69) is 21.8 Å². The lowest BCUT2D eigenvalue weighted by Crippen LogP contribution is -2.50. The van der Waals surface area contributed by atoms with E-state index < -0.39 is 24.3 Å². The number of hydrogen-bond donors (Lipinski definition) is 2. The molecule has 2 aliphatic heterocycles. The molecule has 3 heterocycles. The van der Waals surface area contributed by atoms with E-state index in [-0.39, 0.29) is 5.91 Å². The van der Waals surface area contributed by atoms with Gasteiger partial charge in [0.1, 0.15) is 11.5 Å². The Labute approximate surface area is 243 Å². The number of carboxylic acid groups (broad SMARTS) is 2. The largest absolute Gasteiger partial charge is 0.490 e. The first-order valence-corrected chi connectivity index (χ1v) is 13.3. The van der Waals surface area contributed by atoms with Crippen molar-refractivity contribution in [3.63, 3.8) is 0 Å². The molecule has 2 saturated heterocycles. The summed E-state index contributed by atoms with van der Waals surface area (Å²) in [6.07, 6.45) is -5.01. The van der Waals surface area contributed by atoms with Crippen LogP contribution in [0.2, 0.25) is 0 Å². The summed E-state index contributed by atoms with van der Waals surface area (Å²) in [5.41, 5.74) is 1.88. The number of piperidine rings is 1. The van der Waals surface area contributed by atoms with E-state index >= 15 is 0 Å². The van der Waals surface area contributed by atoms with Crippen molar-refractivity contribution in [1.82, 2.24) is 19.7 Å². The number of aromatic nitrogens is 1. The fourth-order valence-corrected chi connectivity index (χ4v) is 4.45. The van der Waals surface area contributed by atoms with Crippen LogP contribution in [-0.4, -0.2) is 113 Å². The predicted molar refractivity (Wildman–Crippen MR) is 141 cm³/mol. The minimum atomic E-state index is -5.08. The number of hydrogen-bond acceptors (Lipinski definition) is 7. The molecule has 0 aliphatic carbocycles. The van der Waals surface area contributed by atoms with Crippen molar-refractivity contribution >= 4 is 17.8 Å². The average Bonchev–Trinajstić information content (AvgIpc) is 3.42. The monoisotopic (exact) mass is 624 g/mol. The molecule has 0 atom stereocenters. The molecule has 2 aliphatic rings. The van der Waals surface area contributed by atoms with Gasteiger partial charge >= 0.3 is 24.3 Å². The summed E-state index contributed by atoms with van der Waals surface area (Å²) < 4.78 is 69.0. The summed E-state index contributed by atoms with van der Waals surface area (Å²) in [7, 11) is 2.21. The number of carbonyl (C=O) groups is 3. The Balaban J connectivity index is 0.000000384. The summed E-state index contributed by atoms with van der Waals surface area (Å²) >= 11 is 0. The normalized spacial score (nSPS) is 16.9. The highest BCUT2D eigenvalue weighted by Crippen LogP contribution is 2.23. The second-order valence-electron chi connectivity index (χ2n) is 10.0. The zero-order chi connectivity index (χ0) is 32.2. The highest BCUT2D eigenvalue weighted by atomic mass is 19.4. The zero-order valence-electron chi connectivity index (χ0n) is 23.4.